The van der Waals surface area contributed by atoms with Gasteiger partial charge in [0.25, 0.3) is 0 Å². The lowest BCUT2D eigenvalue weighted by Crippen LogP contribution is -2.16. The SMILES string of the molecule is CC/C=C\C/C=C\C/C=C\C/C=C\C(CCCCCCCC(=O)O)OC(=O)CCCCCCCCCCCCC. The molecule has 0 saturated carbocycles. The van der Waals surface area contributed by atoms with Crippen molar-refractivity contribution >= 4 is 11.9 Å². The predicted molar refractivity (Wildman–Crippen MR) is 172 cm³/mol. The van der Waals surface area contributed by atoms with Crippen molar-refractivity contribution in [2.45, 2.75) is 168 Å². The summed E-state index contributed by atoms with van der Waals surface area (Å²) in [6, 6.07) is 0. The minimum Gasteiger partial charge on any atom is -0.481 e. The van der Waals surface area contributed by atoms with Gasteiger partial charge in [-0.25, -0.2) is 0 Å². The summed E-state index contributed by atoms with van der Waals surface area (Å²) in [4.78, 5) is 23.2. The van der Waals surface area contributed by atoms with E-state index in [2.05, 4.69) is 62.5 Å². The summed E-state index contributed by atoms with van der Waals surface area (Å²) in [5, 5.41) is 8.77. The molecular weight excluding hydrogens is 496 g/mol. The second-order valence-electron chi connectivity index (χ2n) is 11.0. The number of esters is 1. The minimum atomic E-state index is -0.718. The first kappa shape index (κ1) is 37.9. The molecule has 0 radical (unpaired) electrons. The van der Waals surface area contributed by atoms with Crippen LogP contribution in [0.1, 0.15) is 162 Å². The molecule has 0 saturated heterocycles. The average molecular weight is 559 g/mol. The number of hydrogen-bond donors (Lipinski definition) is 1. The third-order valence-electron chi connectivity index (χ3n) is 7.05. The van der Waals surface area contributed by atoms with Gasteiger partial charge in [0.2, 0.25) is 0 Å². The van der Waals surface area contributed by atoms with Crippen molar-refractivity contribution in [1.82, 2.24) is 0 Å². The molecule has 4 nitrogen and oxygen atoms in total. The number of carbonyl (C=O) groups is 2. The van der Waals surface area contributed by atoms with Crippen LogP contribution in [0, 0.1) is 0 Å². The standard InChI is InChI=1S/C36H62O4/c1-3-5-7-9-11-13-15-17-19-22-26-30-34(31-27-23-21-24-28-32-35(37)38)40-36(39)33-29-25-20-18-16-14-12-10-8-6-4-2/h5,7,11,13,17,19,26,30,34H,3-4,6,8-10,12,14-16,18,20-25,27-29,31-33H2,1-2H3,(H,37,38)/b7-5-,13-11-,19-17-,30-26-. The Kier molecular flexibility index (Phi) is 29.8. The van der Waals surface area contributed by atoms with Crippen molar-refractivity contribution in [1.29, 1.82) is 0 Å². The Morgan fingerprint density at radius 2 is 1.02 bits per heavy atom. The molecule has 0 aromatic carbocycles. The first-order chi connectivity index (χ1) is 19.6. The topological polar surface area (TPSA) is 63.6 Å². The molecule has 1 atom stereocenters. The van der Waals surface area contributed by atoms with Gasteiger partial charge in [-0.05, 0) is 57.4 Å². The second kappa shape index (κ2) is 31.4. The van der Waals surface area contributed by atoms with E-state index in [1.165, 1.54) is 57.8 Å². The van der Waals surface area contributed by atoms with Gasteiger partial charge in [-0.2, -0.15) is 0 Å². The molecule has 1 N–H and O–H groups in total. The summed E-state index contributed by atoms with van der Waals surface area (Å²) in [7, 11) is 0. The fraction of sp³-hybridized carbons (Fsp3) is 0.722. The third-order valence-corrected chi connectivity index (χ3v) is 7.05. The summed E-state index contributed by atoms with van der Waals surface area (Å²) in [6.45, 7) is 4.41. The molecular formula is C36H62O4. The van der Waals surface area contributed by atoms with Crippen molar-refractivity contribution in [2.75, 3.05) is 0 Å². The first-order valence-electron chi connectivity index (χ1n) is 16.6. The minimum absolute atomic E-state index is 0.0789. The van der Waals surface area contributed by atoms with Gasteiger partial charge in [0.05, 0.1) is 0 Å². The highest BCUT2D eigenvalue weighted by Crippen LogP contribution is 2.15. The van der Waals surface area contributed by atoms with Crippen molar-refractivity contribution in [2.24, 2.45) is 0 Å². The number of carboxylic acids is 1. The number of ether oxygens (including phenoxy) is 1. The highest BCUT2D eigenvalue weighted by atomic mass is 16.5. The number of rotatable bonds is 29. The van der Waals surface area contributed by atoms with Gasteiger partial charge in [0.1, 0.15) is 6.10 Å². The Balaban J connectivity index is 4.27. The number of aliphatic carboxylic acids is 1. The Morgan fingerprint density at radius 3 is 1.55 bits per heavy atom. The Bertz CT molecular complexity index is 689. The van der Waals surface area contributed by atoms with Gasteiger partial charge in [0.15, 0.2) is 0 Å². The van der Waals surface area contributed by atoms with Gasteiger partial charge in [0, 0.05) is 12.8 Å². The lowest BCUT2D eigenvalue weighted by Gasteiger charge is -2.14. The van der Waals surface area contributed by atoms with Crippen molar-refractivity contribution in [3.8, 4) is 0 Å². The Morgan fingerprint density at radius 1 is 0.575 bits per heavy atom. The average Bonchev–Trinajstić information content (AvgIpc) is 2.93. The summed E-state index contributed by atoms with van der Waals surface area (Å²) >= 11 is 0. The molecule has 0 spiro atoms. The van der Waals surface area contributed by atoms with Gasteiger partial charge >= 0.3 is 11.9 Å². The van der Waals surface area contributed by atoms with Gasteiger partial charge < -0.3 is 9.84 Å². The maximum Gasteiger partial charge on any atom is 0.306 e. The molecule has 40 heavy (non-hydrogen) atoms. The van der Waals surface area contributed by atoms with E-state index in [-0.39, 0.29) is 18.5 Å². The van der Waals surface area contributed by atoms with Gasteiger partial charge in [-0.1, -0.05) is 140 Å². The zero-order valence-corrected chi connectivity index (χ0v) is 26.1. The highest BCUT2D eigenvalue weighted by molar-refractivity contribution is 5.69. The summed E-state index contributed by atoms with van der Waals surface area (Å²) in [6.07, 6.45) is 41.3. The fourth-order valence-corrected chi connectivity index (χ4v) is 4.62. The monoisotopic (exact) mass is 558 g/mol. The largest absolute Gasteiger partial charge is 0.481 e. The number of unbranched alkanes of at least 4 members (excludes halogenated alkanes) is 14. The molecule has 0 rings (SSSR count). The highest BCUT2D eigenvalue weighted by Gasteiger charge is 2.11. The predicted octanol–water partition coefficient (Wildman–Crippen LogP) is 11.2. The zero-order valence-electron chi connectivity index (χ0n) is 26.1. The van der Waals surface area contributed by atoms with Crippen LogP contribution in [0.2, 0.25) is 0 Å². The molecule has 0 fully saturated rings. The molecule has 0 amide bonds. The first-order valence-corrected chi connectivity index (χ1v) is 16.6. The van der Waals surface area contributed by atoms with Crippen LogP contribution in [0.3, 0.4) is 0 Å². The van der Waals surface area contributed by atoms with E-state index in [1.807, 2.05) is 0 Å². The smallest absolute Gasteiger partial charge is 0.306 e. The molecule has 0 aromatic rings. The normalized spacial score (nSPS) is 12.8. The van der Waals surface area contributed by atoms with Crippen LogP contribution in [0.25, 0.3) is 0 Å². The maximum absolute atomic E-state index is 12.5. The van der Waals surface area contributed by atoms with E-state index in [0.29, 0.717) is 6.42 Å². The number of carbonyl (C=O) groups excluding carboxylic acids is 1. The molecule has 0 aliphatic rings. The molecule has 0 bridgehead atoms. The third kappa shape index (κ3) is 30.4. The molecule has 1 unspecified atom stereocenters. The molecule has 0 aromatic heterocycles. The van der Waals surface area contributed by atoms with Gasteiger partial charge in [-0.3, -0.25) is 9.59 Å². The van der Waals surface area contributed by atoms with E-state index in [9.17, 15) is 9.59 Å². The fourth-order valence-electron chi connectivity index (χ4n) is 4.62. The number of allylic oxidation sites excluding steroid dienone is 7. The lowest BCUT2D eigenvalue weighted by atomic mass is 10.1. The quantitative estimate of drug-likeness (QED) is 0.0563. The maximum atomic E-state index is 12.5. The van der Waals surface area contributed by atoms with E-state index in [4.69, 9.17) is 9.84 Å². The van der Waals surface area contributed by atoms with E-state index < -0.39 is 5.97 Å². The van der Waals surface area contributed by atoms with Crippen molar-refractivity contribution in [3.63, 3.8) is 0 Å². The molecule has 0 aliphatic heterocycles. The summed E-state index contributed by atoms with van der Waals surface area (Å²) in [5.74, 6) is -0.797. The molecule has 230 valence electrons. The number of hydrogen-bond acceptors (Lipinski definition) is 3. The second-order valence-corrected chi connectivity index (χ2v) is 11.0. The van der Waals surface area contributed by atoms with E-state index >= 15 is 0 Å². The number of carboxylic acid groups (broad SMARTS) is 1. The van der Waals surface area contributed by atoms with Crippen LogP contribution in [-0.4, -0.2) is 23.1 Å². The van der Waals surface area contributed by atoms with Crippen molar-refractivity contribution in [3.05, 3.63) is 48.6 Å². The van der Waals surface area contributed by atoms with Crippen molar-refractivity contribution < 1.29 is 19.4 Å². The van der Waals surface area contributed by atoms with Crippen LogP contribution in [0.5, 0.6) is 0 Å². The molecule has 0 aliphatic carbocycles. The summed E-state index contributed by atoms with van der Waals surface area (Å²) < 4.78 is 5.85. The van der Waals surface area contributed by atoms with Gasteiger partial charge in [-0.15, -0.1) is 0 Å². The Hall–Kier alpha value is -2.10. The lowest BCUT2D eigenvalue weighted by molar-refractivity contribution is -0.147. The van der Waals surface area contributed by atoms with E-state index in [0.717, 1.165) is 77.0 Å². The van der Waals surface area contributed by atoms with Crippen LogP contribution >= 0.6 is 0 Å². The van der Waals surface area contributed by atoms with Crippen LogP contribution in [0.15, 0.2) is 48.6 Å². The van der Waals surface area contributed by atoms with Crippen LogP contribution in [-0.2, 0) is 14.3 Å². The Labute approximate surface area is 247 Å². The van der Waals surface area contributed by atoms with E-state index in [1.54, 1.807) is 0 Å². The molecule has 0 heterocycles. The zero-order chi connectivity index (χ0) is 29.4. The van der Waals surface area contributed by atoms with Crippen LogP contribution < -0.4 is 0 Å². The molecule has 4 heteroatoms. The summed E-state index contributed by atoms with van der Waals surface area (Å²) in [5.41, 5.74) is 0. The van der Waals surface area contributed by atoms with Crippen LogP contribution in [0.4, 0.5) is 0 Å².